The lowest BCUT2D eigenvalue weighted by Crippen LogP contribution is -2.49. The van der Waals surface area contributed by atoms with Gasteiger partial charge in [-0.3, -0.25) is 0 Å². The van der Waals surface area contributed by atoms with Gasteiger partial charge in [-0.15, -0.1) is 0 Å². The van der Waals surface area contributed by atoms with Crippen LogP contribution in [0.4, 0.5) is 24.9 Å². The number of hydrogen-bond donors (Lipinski definition) is 0. The SMILES string of the molecule is COc1cnc(N2CCC3CCN(c4ncc(C(F)(F)F)cc4Cl)C3C2)nc1. The van der Waals surface area contributed by atoms with Gasteiger partial charge in [-0.2, -0.15) is 13.2 Å². The molecule has 150 valence electrons. The lowest BCUT2D eigenvalue weighted by molar-refractivity contribution is -0.137. The van der Waals surface area contributed by atoms with Crippen LogP contribution in [0.25, 0.3) is 0 Å². The highest BCUT2D eigenvalue weighted by Gasteiger charge is 2.41. The highest BCUT2D eigenvalue weighted by atomic mass is 35.5. The minimum Gasteiger partial charge on any atom is -0.494 e. The van der Waals surface area contributed by atoms with Gasteiger partial charge in [0, 0.05) is 25.8 Å². The van der Waals surface area contributed by atoms with E-state index in [9.17, 15) is 13.2 Å². The van der Waals surface area contributed by atoms with Crippen LogP contribution in [0.3, 0.4) is 0 Å². The van der Waals surface area contributed by atoms with Gasteiger partial charge in [-0.05, 0) is 24.8 Å². The number of fused-ring (bicyclic) bond motifs is 1. The minimum absolute atomic E-state index is 0.0216. The van der Waals surface area contributed by atoms with Gasteiger partial charge in [0.25, 0.3) is 0 Å². The van der Waals surface area contributed by atoms with Crippen LogP contribution in [0.15, 0.2) is 24.7 Å². The van der Waals surface area contributed by atoms with E-state index in [1.165, 1.54) is 0 Å². The largest absolute Gasteiger partial charge is 0.494 e. The number of hydrogen-bond acceptors (Lipinski definition) is 6. The third-order valence-corrected chi connectivity index (χ3v) is 5.69. The summed E-state index contributed by atoms with van der Waals surface area (Å²) >= 11 is 6.18. The normalized spacial score (nSPS) is 22.3. The Morgan fingerprint density at radius 1 is 1.11 bits per heavy atom. The molecule has 4 rings (SSSR count). The fraction of sp³-hybridized carbons (Fsp3) is 0.500. The van der Waals surface area contributed by atoms with Gasteiger partial charge >= 0.3 is 6.18 Å². The van der Waals surface area contributed by atoms with Gasteiger partial charge in [-0.25, -0.2) is 15.0 Å². The van der Waals surface area contributed by atoms with E-state index in [-0.39, 0.29) is 11.1 Å². The highest BCUT2D eigenvalue weighted by Crippen LogP contribution is 2.39. The van der Waals surface area contributed by atoms with Crippen molar-refractivity contribution < 1.29 is 17.9 Å². The molecule has 2 saturated heterocycles. The quantitative estimate of drug-likeness (QED) is 0.765. The molecule has 0 aliphatic carbocycles. The lowest BCUT2D eigenvalue weighted by Gasteiger charge is -2.39. The number of ether oxygens (including phenoxy) is 1. The molecule has 10 heteroatoms. The number of halogens is 4. The molecule has 0 bridgehead atoms. The van der Waals surface area contributed by atoms with Crippen LogP contribution < -0.4 is 14.5 Å². The number of anilines is 2. The van der Waals surface area contributed by atoms with E-state index in [0.717, 1.165) is 31.6 Å². The number of rotatable bonds is 3. The van der Waals surface area contributed by atoms with E-state index >= 15 is 0 Å². The third kappa shape index (κ3) is 3.55. The van der Waals surface area contributed by atoms with Crippen LogP contribution in [0.1, 0.15) is 18.4 Å². The van der Waals surface area contributed by atoms with Crippen LogP contribution in [-0.4, -0.2) is 47.7 Å². The summed E-state index contributed by atoms with van der Waals surface area (Å²) in [6.07, 6.45) is 1.54. The summed E-state index contributed by atoms with van der Waals surface area (Å²) < 4.78 is 43.8. The zero-order valence-electron chi connectivity index (χ0n) is 15.2. The maximum Gasteiger partial charge on any atom is 0.417 e. The molecule has 0 aromatic carbocycles. The monoisotopic (exact) mass is 413 g/mol. The van der Waals surface area contributed by atoms with Gasteiger partial charge in [-0.1, -0.05) is 11.6 Å². The summed E-state index contributed by atoms with van der Waals surface area (Å²) in [6.45, 7) is 2.20. The Bertz CT molecular complexity index is 848. The number of nitrogens with zero attached hydrogens (tertiary/aromatic N) is 5. The molecule has 28 heavy (non-hydrogen) atoms. The Balaban J connectivity index is 1.55. The Morgan fingerprint density at radius 3 is 2.46 bits per heavy atom. The Hall–Kier alpha value is -2.29. The van der Waals surface area contributed by atoms with Crippen molar-refractivity contribution >= 4 is 23.4 Å². The lowest BCUT2D eigenvalue weighted by atomic mass is 9.92. The second-order valence-electron chi connectivity index (χ2n) is 6.99. The Kier molecular flexibility index (Phi) is 4.95. The third-order valence-electron chi connectivity index (χ3n) is 5.42. The van der Waals surface area contributed by atoms with E-state index in [1.54, 1.807) is 19.5 Å². The molecule has 2 aromatic heterocycles. The molecule has 2 atom stereocenters. The highest BCUT2D eigenvalue weighted by molar-refractivity contribution is 6.33. The number of methoxy groups -OCH3 is 1. The first-order valence-corrected chi connectivity index (χ1v) is 9.35. The molecular weight excluding hydrogens is 395 g/mol. The van der Waals surface area contributed by atoms with Crippen LogP contribution in [0.5, 0.6) is 5.75 Å². The molecule has 2 aromatic rings. The Morgan fingerprint density at radius 2 is 1.82 bits per heavy atom. The molecular formula is C18H19ClF3N5O. The zero-order chi connectivity index (χ0) is 19.9. The molecule has 0 amide bonds. The molecule has 2 unspecified atom stereocenters. The van der Waals surface area contributed by atoms with Crippen LogP contribution in [0.2, 0.25) is 5.02 Å². The van der Waals surface area contributed by atoms with Crippen molar-refractivity contribution in [2.75, 3.05) is 36.5 Å². The maximum absolute atomic E-state index is 12.9. The van der Waals surface area contributed by atoms with Crippen molar-refractivity contribution in [2.24, 2.45) is 5.92 Å². The standard InChI is InChI=1S/C18H19ClF3N5O/c1-28-13-8-24-17(25-9-13)26-4-2-11-3-5-27(15(11)10-26)16-14(19)6-12(7-23-16)18(20,21)22/h6-9,11,15H,2-5,10H2,1H3. The van der Waals surface area contributed by atoms with Crippen LogP contribution in [0, 0.1) is 5.92 Å². The first kappa shape index (κ1) is 19.0. The summed E-state index contributed by atoms with van der Waals surface area (Å²) in [4.78, 5) is 16.8. The van der Waals surface area contributed by atoms with E-state index < -0.39 is 11.7 Å². The first-order valence-electron chi connectivity index (χ1n) is 8.97. The van der Waals surface area contributed by atoms with E-state index in [1.807, 2.05) is 4.90 Å². The van der Waals surface area contributed by atoms with E-state index in [2.05, 4.69) is 19.9 Å². The predicted octanol–water partition coefficient (Wildman–Crippen LogP) is 3.66. The Labute approximate surface area is 165 Å². The van der Waals surface area contributed by atoms with E-state index in [0.29, 0.717) is 36.5 Å². The van der Waals surface area contributed by atoms with Gasteiger partial charge in [0.15, 0.2) is 5.75 Å². The van der Waals surface area contributed by atoms with E-state index in [4.69, 9.17) is 16.3 Å². The van der Waals surface area contributed by atoms with Crippen molar-refractivity contribution in [1.29, 1.82) is 0 Å². The maximum atomic E-state index is 12.9. The van der Waals surface area contributed by atoms with Crippen LogP contribution >= 0.6 is 11.6 Å². The summed E-state index contributed by atoms with van der Waals surface area (Å²) in [5, 5.41) is 0.0216. The van der Waals surface area contributed by atoms with Gasteiger partial charge in [0.2, 0.25) is 5.95 Å². The molecule has 0 spiro atoms. The molecule has 0 N–H and O–H groups in total. The smallest absolute Gasteiger partial charge is 0.417 e. The van der Waals surface area contributed by atoms with Crippen molar-refractivity contribution in [1.82, 2.24) is 15.0 Å². The summed E-state index contributed by atoms with van der Waals surface area (Å²) in [5.74, 6) is 2.04. The van der Waals surface area contributed by atoms with Gasteiger partial charge in [0.05, 0.1) is 36.1 Å². The number of piperidine rings is 1. The second kappa shape index (κ2) is 7.27. The molecule has 0 radical (unpaired) electrons. The zero-order valence-corrected chi connectivity index (χ0v) is 15.9. The second-order valence-corrected chi connectivity index (χ2v) is 7.40. The van der Waals surface area contributed by atoms with Crippen molar-refractivity contribution in [3.05, 3.63) is 35.2 Å². The minimum atomic E-state index is -4.46. The fourth-order valence-electron chi connectivity index (χ4n) is 3.96. The molecule has 6 nitrogen and oxygen atoms in total. The molecule has 2 aliphatic rings. The van der Waals surface area contributed by atoms with Crippen LogP contribution in [-0.2, 0) is 6.18 Å². The number of alkyl halides is 3. The molecule has 2 aliphatic heterocycles. The fourth-order valence-corrected chi connectivity index (χ4v) is 4.24. The summed E-state index contributed by atoms with van der Waals surface area (Å²) in [7, 11) is 1.56. The van der Waals surface area contributed by atoms with Crippen molar-refractivity contribution in [2.45, 2.75) is 25.1 Å². The summed E-state index contributed by atoms with van der Waals surface area (Å²) in [5.41, 5.74) is -0.839. The average Bonchev–Trinajstić information content (AvgIpc) is 3.10. The first-order chi connectivity index (χ1) is 13.4. The van der Waals surface area contributed by atoms with Crippen molar-refractivity contribution in [3.8, 4) is 5.75 Å². The van der Waals surface area contributed by atoms with Gasteiger partial charge < -0.3 is 14.5 Å². The topological polar surface area (TPSA) is 54.4 Å². The van der Waals surface area contributed by atoms with Crippen molar-refractivity contribution in [3.63, 3.8) is 0 Å². The molecule has 0 saturated carbocycles. The summed E-state index contributed by atoms with van der Waals surface area (Å²) in [6, 6.07) is 1.05. The predicted molar refractivity (Wildman–Crippen MR) is 98.9 cm³/mol. The average molecular weight is 414 g/mol. The molecule has 4 heterocycles. The number of aromatic nitrogens is 3. The van der Waals surface area contributed by atoms with Gasteiger partial charge in [0.1, 0.15) is 5.82 Å². The molecule has 2 fully saturated rings. The number of pyridine rings is 1.